The number of carbonyl (C=O) groups excluding carboxylic acids is 1. The number of nitrogens with two attached hydrogens (primary N) is 1. The first kappa shape index (κ1) is 17.5. The first-order chi connectivity index (χ1) is 12.1. The van der Waals surface area contributed by atoms with Gasteiger partial charge in [-0.25, -0.2) is 0 Å². The fourth-order valence-electron chi connectivity index (χ4n) is 2.15. The van der Waals surface area contributed by atoms with E-state index in [1.807, 2.05) is 54.6 Å². The van der Waals surface area contributed by atoms with Crippen LogP contribution in [0.1, 0.15) is 5.56 Å². The molecule has 0 aliphatic heterocycles. The first-order valence-corrected chi connectivity index (χ1v) is 9.30. The van der Waals surface area contributed by atoms with Crippen molar-refractivity contribution < 1.29 is 4.79 Å². The lowest BCUT2D eigenvalue weighted by Crippen LogP contribution is -2.20. The molecule has 1 heterocycles. The van der Waals surface area contributed by atoms with Crippen molar-refractivity contribution in [1.82, 2.24) is 14.8 Å². The van der Waals surface area contributed by atoms with Gasteiger partial charge >= 0.3 is 0 Å². The molecule has 0 bridgehead atoms. The van der Waals surface area contributed by atoms with Crippen LogP contribution in [-0.2, 0) is 17.1 Å². The highest BCUT2D eigenvalue weighted by Crippen LogP contribution is 2.22. The van der Waals surface area contributed by atoms with E-state index in [2.05, 4.69) is 31.4 Å². The van der Waals surface area contributed by atoms with Gasteiger partial charge in [0.05, 0.1) is 0 Å². The number of nitrogen functional groups attached to an aromatic ring is 1. The molecule has 3 rings (SSSR count). The molecule has 0 fully saturated rings. The number of benzene rings is 2. The number of thioether (sulfide) groups is 1. The summed E-state index contributed by atoms with van der Waals surface area (Å²) in [5, 5.41) is 11.4. The van der Waals surface area contributed by atoms with Gasteiger partial charge in [-0.1, -0.05) is 58.0 Å². The molecule has 128 valence electrons. The van der Waals surface area contributed by atoms with Crippen molar-refractivity contribution in [2.45, 2.75) is 17.5 Å². The van der Waals surface area contributed by atoms with Gasteiger partial charge < -0.3 is 11.1 Å². The molecule has 2 aromatic carbocycles. The van der Waals surface area contributed by atoms with Crippen LogP contribution in [0.25, 0.3) is 0 Å². The summed E-state index contributed by atoms with van der Waals surface area (Å²) in [6.07, 6.45) is 0. The average Bonchev–Trinajstić information content (AvgIpc) is 2.96. The van der Waals surface area contributed by atoms with Crippen molar-refractivity contribution in [3.05, 3.63) is 64.6 Å². The minimum Gasteiger partial charge on any atom is -0.368 e. The Labute approximate surface area is 158 Å². The molecule has 0 aliphatic carbocycles. The molecular weight excluding hydrogens is 402 g/mol. The number of hydrogen-bond acceptors (Lipinski definition) is 5. The van der Waals surface area contributed by atoms with Crippen molar-refractivity contribution >= 4 is 45.2 Å². The Kier molecular flexibility index (Phi) is 5.72. The number of hydrogen-bond donors (Lipinski definition) is 2. The van der Waals surface area contributed by atoms with Gasteiger partial charge in [0.25, 0.3) is 0 Å². The van der Waals surface area contributed by atoms with Gasteiger partial charge in [-0.15, -0.1) is 10.2 Å². The number of anilines is 2. The van der Waals surface area contributed by atoms with Crippen LogP contribution in [-0.4, -0.2) is 20.7 Å². The van der Waals surface area contributed by atoms with Crippen LogP contribution in [0.3, 0.4) is 0 Å². The van der Waals surface area contributed by atoms with Crippen LogP contribution >= 0.6 is 27.7 Å². The molecule has 3 N–H and O–H groups in total. The van der Waals surface area contributed by atoms with Crippen LogP contribution in [0, 0.1) is 0 Å². The molecule has 3 aromatic rings. The zero-order valence-electron chi connectivity index (χ0n) is 13.2. The maximum Gasteiger partial charge on any atom is 0.244 e. The van der Waals surface area contributed by atoms with E-state index >= 15 is 0 Å². The predicted octanol–water partition coefficient (Wildman–Crippen LogP) is 3.55. The molecule has 25 heavy (non-hydrogen) atoms. The van der Waals surface area contributed by atoms with E-state index in [0.717, 1.165) is 15.9 Å². The van der Waals surface area contributed by atoms with Crippen molar-refractivity contribution in [3.63, 3.8) is 0 Å². The molecule has 6 nitrogen and oxygen atoms in total. The number of rotatable bonds is 6. The highest BCUT2D eigenvalue weighted by atomic mass is 79.9. The third-order valence-corrected chi connectivity index (χ3v) is 4.95. The first-order valence-electron chi connectivity index (χ1n) is 7.52. The van der Waals surface area contributed by atoms with Crippen LogP contribution in [0.5, 0.6) is 0 Å². The monoisotopic (exact) mass is 417 g/mol. The normalized spacial score (nSPS) is 10.6. The Hall–Kier alpha value is -2.32. The Morgan fingerprint density at radius 1 is 1.12 bits per heavy atom. The van der Waals surface area contributed by atoms with Gasteiger partial charge in [0, 0.05) is 15.9 Å². The summed E-state index contributed by atoms with van der Waals surface area (Å²) in [5.41, 5.74) is 7.75. The summed E-state index contributed by atoms with van der Waals surface area (Å²) in [7, 11) is 0. The lowest BCUT2D eigenvalue weighted by molar-refractivity contribution is -0.116. The van der Waals surface area contributed by atoms with Crippen molar-refractivity contribution in [3.8, 4) is 0 Å². The number of nitrogens with one attached hydrogen (secondary N) is 1. The van der Waals surface area contributed by atoms with Crippen molar-refractivity contribution in [2.24, 2.45) is 0 Å². The Bertz CT molecular complexity index is 851. The number of amides is 1. The Morgan fingerprint density at radius 3 is 2.56 bits per heavy atom. The van der Waals surface area contributed by atoms with Crippen LogP contribution in [0.2, 0.25) is 0 Å². The Balaban J connectivity index is 1.64. The van der Waals surface area contributed by atoms with Gasteiger partial charge in [0.2, 0.25) is 11.9 Å². The summed E-state index contributed by atoms with van der Waals surface area (Å²) in [6.45, 7) is 0.0615. The molecule has 0 unspecified atom stereocenters. The smallest absolute Gasteiger partial charge is 0.244 e. The molecular formula is C17H16BrN5OS. The molecule has 0 radical (unpaired) electrons. The number of nitrogens with zero attached hydrogens (tertiary/aromatic N) is 3. The van der Waals surface area contributed by atoms with E-state index in [1.165, 1.54) is 17.3 Å². The summed E-state index contributed by atoms with van der Waals surface area (Å²) in [5.74, 6) is 0.768. The standard InChI is InChI=1S/C17H16BrN5OS/c18-13-6-8-14(9-7-13)20-15(24)10-23-16(19)21-22-17(23)25-11-12-4-2-1-3-5-12/h1-9H,10-11H2,(H2,19,21)(H,20,24). The zero-order chi connectivity index (χ0) is 17.6. The fourth-order valence-corrected chi connectivity index (χ4v) is 3.32. The van der Waals surface area contributed by atoms with Gasteiger partial charge in [-0.05, 0) is 29.8 Å². The third-order valence-electron chi connectivity index (χ3n) is 3.39. The molecule has 0 aliphatic rings. The maximum absolute atomic E-state index is 12.3. The van der Waals surface area contributed by atoms with Gasteiger partial charge in [-0.2, -0.15) is 0 Å². The summed E-state index contributed by atoms with van der Waals surface area (Å²) >= 11 is 4.86. The highest BCUT2D eigenvalue weighted by Gasteiger charge is 2.14. The molecule has 0 saturated carbocycles. The minimum atomic E-state index is -0.185. The molecule has 0 atom stereocenters. The number of halogens is 1. The van der Waals surface area contributed by atoms with Crippen molar-refractivity contribution in [2.75, 3.05) is 11.1 Å². The van der Waals surface area contributed by atoms with Gasteiger partial charge in [0.15, 0.2) is 5.16 Å². The third kappa shape index (κ3) is 4.83. The Morgan fingerprint density at radius 2 is 1.84 bits per heavy atom. The second kappa shape index (κ2) is 8.17. The molecule has 1 amide bonds. The maximum atomic E-state index is 12.3. The van der Waals surface area contributed by atoms with Crippen LogP contribution < -0.4 is 11.1 Å². The summed E-state index contributed by atoms with van der Waals surface area (Å²) in [6, 6.07) is 17.4. The zero-order valence-corrected chi connectivity index (χ0v) is 15.6. The molecule has 0 saturated heterocycles. The molecule has 1 aromatic heterocycles. The number of aromatic nitrogens is 3. The quantitative estimate of drug-likeness (QED) is 0.598. The minimum absolute atomic E-state index is 0.0615. The summed E-state index contributed by atoms with van der Waals surface area (Å²) < 4.78 is 2.56. The average molecular weight is 418 g/mol. The van der Waals surface area contributed by atoms with Crippen LogP contribution in [0.4, 0.5) is 11.6 Å². The number of carbonyl (C=O) groups is 1. The van der Waals surface area contributed by atoms with E-state index in [0.29, 0.717) is 5.16 Å². The van der Waals surface area contributed by atoms with E-state index in [1.54, 1.807) is 4.57 Å². The van der Waals surface area contributed by atoms with Crippen LogP contribution in [0.15, 0.2) is 64.2 Å². The fraction of sp³-hybridized carbons (Fsp3) is 0.118. The van der Waals surface area contributed by atoms with Gasteiger partial charge in [-0.3, -0.25) is 9.36 Å². The highest BCUT2D eigenvalue weighted by molar-refractivity contribution is 9.10. The van der Waals surface area contributed by atoms with E-state index in [9.17, 15) is 4.79 Å². The van der Waals surface area contributed by atoms with E-state index in [-0.39, 0.29) is 18.4 Å². The van der Waals surface area contributed by atoms with E-state index < -0.39 is 0 Å². The molecule has 8 heteroatoms. The molecule has 0 spiro atoms. The summed E-state index contributed by atoms with van der Waals surface area (Å²) in [4.78, 5) is 12.3. The largest absolute Gasteiger partial charge is 0.368 e. The lowest BCUT2D eigenvalue weighted by atomic mass is 10.2. The van der Waals surface area contributed by atoms with E-state index in [4.69, 9.17) is 5.73 Å². The second-order valence-electron chi connectivity index (χ2n) is 5.26. The van der Waals surface area contributed by atoms with Crippen molar-refractivity contribution in [1.29, 1.82) is 0 Å². The lowest BCUT2D eigenvalue weighted by Gasteiger charge is -2.09. The second-order valence-corrected chi connectivity index (χ2v) is 7.11. The SMILES string of the molecule is Nc1nnc(SCc2ccccc2)n1CC(=O)Nc1ccc(Br)cc1. The predicted molar refractivity (Wildman–Crippen MR) is 103 cm³/mol. The van der Waals surface area contributed by atoms with Gasteiger partial charge in [0.1, 0.15) is 6.54 Å². The topological polar surface area (TPSA) is 85.8 Å².